The van der Waals surface area contributed by atoms with Gasteiger partial charge in [0.2, 0.25) is 5.03 Å². The number of ether oxygens (including phenoxy) is 1. The van der Waals surface area contributed by atoms with Gasteiger partial charge in [-0.3, -0.25) is 4.31 Å². The first-order valence-corrected chi connectivity index (χ1v) is 17.1. The molecule has 0 amide bonds. The zero-order valence-electron chi connectivity index (χ0n) is 26.2. The molecule has 0 bridgehead atoms. The summed E-state index contributed by atoms with van der Waals surface area (Å²) in [5.41, 5.74) is 3.69. The van der Waals surface area contributed by atoms with Crippen LogP contribution in [0, 0.1) is 0 Å². The van der Waals surface area contributed by atoms with Crippen molar-refractivity contribution in [1.29, 1.82) is 0 Å². The monoisotopic (exact) mass is 651 g/mol. The lowest BCUT2D eigenvalue weighted by atomic mass is 9.82. The fraction of sp³-hybridized carbons (Fsp3) is 0.278. The molecule has 6 rings (SSSR count). The number of aromatic amines is 1. The Bertz CT molecular complexity index is 1950. The maximum atomic E-state index is 13.5. The Morgan fingerprint density at radius 3 is 2.17 bits per heavy atom. The number of carbonyl (C=O) groups is 1. The van der Waals surface area contributed by atoms with Crippen LogP contribution in [0.3, 0.4) is 0 Å². The summed E-state index contributed by atoms with van der Waals surface area (Å²) in [6, 6.07) is 27.4. The van der Waals surface area contributed by atoms with Gasteiger partial charge in [0, 0.05) is 13.5 Å². The van der Waals surface area contributed by atoms with E-state index in [1.807, 2.05) is 42.5 Å². The van der Waals surface area contributed by atoms with Crippen LogP contribution in [-0.2, 0) is 38.8 Å². The van der Waals surface area contributed by atoms with Gasteiger partial charge in [0.1, 0.15) is 23.2 Å². The predicted octanol–water partition coefficient (Wildman–Crippen LogP) is 6.26. The summed E-state index contributed by atoms with van der Waals surface area (Å²) in [4.78, 5) is 28.3. The van der Waals surface area contributed by atoms with Gasteiger partial charge in [0.15, 0.2) is 5.65 Å². The fourth-order valence-electron chi connectivity index (χ4n) is 6.09. The Morgan fingerprint density at radius 1 is 0.851 bits per heavy atom. The molecule has 0 saturated heterocycles. The van der Waals surface area contributed by atoms with Crippen molar-refractivity contribution >= 4 is 32.8 Å². The highest BCUT2D eigenvalue weighted by atomic mass is 32.2. The largest absolute Gasteiger partial charge is 0.512 e. The van der Waals surface area contributed by atoms with E-state index < -0.39 is 21.6 Å². The molecular weight excluding hydrogens is 614 g/mol. The number of rotatable bonds is 13. The molecule has 0 fully saturated rings. The standard InChI is InChI=1S/C36H37N5O5S/c1-41(47(44,45)34-32-33(38-24-37-32)39-25-40-34)29-16-8-14-28(22-29)15-9-17-30-31(42)23-36(46-35(30)43,20-18-26-10-4-2-5-11-26)21-19-27-12-6-3-7-13-27/h2-8,10-14,16,22,24-25,42H,9,15,17-21,23H2,1H3,(H,37,38,39,40). The first-order chi connectivity index (χ1) is 22.7. The Kier molecular flexibility index (Phi) is 9.35. The fourth-order valence-corrected chi connectivity index (χ4v) is 7.33. The number of anilines is 1. The molecule has 0 saturated carbocycles. The number of aliphatic hydroxyl groups excluding tert-OH is 1. The molecule has 242 valence electrons. The van der Waals surface area contributed by atoms with Gasteiger partial charge < -0.3 is 14.8 Å². The van der Waals surface area contributed by atoms with Crippen LogP contribution < -0.4 is 4.31 Å². The Morgan fingerprint density at radius 2 is 1.51 bits per heavy atom. The van der Waals surface area contributed by atoms with Gasteiger partial charge >= 0.3 is 5.97 Å². The topological polar surface area (TPSA) is 138 Å². The number of carbonyl (C=O) groups excluding carboxylic acids is 1. The van der Waals surface area contributed by atoms with Gasteiger partial charge in [-0.1, -0.05) is 72.8 Å². The van der Waals surface area contributed by atoms with E-state index in [0.717, 1.165) is 29.5 Å². The lowest BCUT2D eigenvalue weighted by Gasteiger charge is -2.37. The summed E-state index contributed by atoms with van der Waals surface area (Å²) >= 11 is 0. The minimum absolute atomic E-state index is 0.0944. The number of cyclic esters (lactones) is 1. The number of imidazole rings is 1. The van der Waals surface area contributed by atoms with Crippen LogP contribution in [0.1, 0.15) is 48.8 Å². The molecule has 1 aliphatic rings. The van der Waals surface area contributed by atoms with Crippen molar-refractivity contribution in [2.45, 2.75) is 62.0 Å². The zero-order valence-corrected chi connectivity index (χ0v) is 27.0. The van der Waals surface area contributed by atoms with Gasteiger partial charge in [0.25, 0.3) is 10.0 Å². The second kappa shape index (κ2) is 13.8. The minimum atomic E-state index is -4.00. The van der Waals surface area contributed by atoms with Crippen molar-refractivity contribution in [2.24, 2.45) is 0 Å². The number of nitrogens with one attached hydrogen (secondary N) is 1. The maximum absolute atomic E-state index is 13.5. The molecule has 11 heteroatoms. The highest BCUT2D eigenvalue weighted by Gasteiger charge is 2.41. The van der Waals surface area contributed by atoms with Gasteiger partial charge in [-0.05, 0) is 73.8 Å². The second-order valence-corrected chi connectivity index (χ2v) is 13.8. The SMILES string of the molecule is CN(c1cccc(CCCC2=C(O)CC(CCc3ccccc3)(CCc3ccccc3)OC2=O)c1)S(=O)(=O)c1ncnc2nc[nH]c12. The van der Waals surface area contributed by atoms with E-state index in [-0.39, 0.29) is 28.4 Å². The normalized spacial score (nSPS) is 14.7. The van der Waals surface area contributed by atoms with Crippen LogP contribution in [0.2, 0.25) is 0 Å². The minimum Gasteiger partial charge on any atom is -0.512 e. The van der Waals surface area contributed by atoms with Crippen molar-refractivity contribution in [3.63, 3.8) is 0 Å². The Labute approximate surface area is 274 Å². The number of sulfonamides is 1. The summed E-state index contributed by atoms with van der Waals surface area (Å²) in [5.74, 6) is -0.374. The molecule has 0 radical (unpaired) electrons. The highest BCUT2D eigenvalue weighted by Crippen LogP contribution is 2.38. The predicted molar refractivity (Wildman–Crippen MR) is 179 cm³/mol. The van der Waals surface area contributed by atoms with Crippen LogP contribution in [0.4, 0.5) is 5.69 Å². The summed E-state index contributed by atoms with van der Waals surface area (Å²) in [6.45, 7) is 0. The molecule has 0 atom stereocenters. The maximum Gasteiger partial charge on any atom is 0.337 e. The summed E-state index contributed by atoms with van der Waals surface area (Å²) < 4.78 is 34.3. The van der Waals surface area contributed by atoms with E-state index >= 15 is 0 Å². The third-order valence-electron chi connectivity index (χ3n) is 8.78. The molecule has 10 nitrogen and oxygen atoms in total. The van der Waals surface area contributed by atoms with Crippen molar-refractivity contribution in [3.05, 3.63) is 126 Å². The average molecular weight is 652 g/mol. The lowest BCUT2D eigenvalue weighted by molar-refractivity contribution is -0.160. The molecule has 2 aromatic heterocycles. The number of aryl methyl sites for hydroxylation is 3. The lowest BCUT2D eigenvalue weighted by Crippen LogP contribution is -2.41. The Balaban J connectivity index is 1.13. The van der Waals surface area contributed by atoms with E-state index in [1.165, 1.54) is 24.0 Å². The third-order valence-corrected chi connectivity index (χ3v) is 10.5. The number of aromatic nitrogens is 4. The molecule has 0 spiro atoms. The molecule has 3 aromatic carbocycles. The van der Waals surface area contributed by atoms with E-state index in [4.69, 9.17) is 4.74 Å². The van der Waals surface area contributed by atoms with Gasteiger partial charge in [-0.25, -0.2) is 19.7 Å². The highest BCUT2D eigenvalue weighted by molar-refractivity contribution is 7.92. The van der Waals surface area contributed by atoms with Crippen LogP contribution in [0.5, 0.6) is 0 Å². The van der Waals surface area contributed by atoms with Crippen molar-refractivity contribution < 1.29 is 23.1 Å². The number of hydrogen-bond donors (Lipinski definition) is 2. The summed E-state index contributed by atoms with van der Waals surface area (Å²) in [7, 11) is -2.53. The molecule has 3 heterocycles. The summed E-state index contributed by atoms with van der Waals surface area (Å²) in [6.07, 6.45) is 6.99. The van der Waals surface area contributed by atoms with Crippen LogP contribution in [0.15, 0.2) is 114 Å². The van der Waals surface area contributed by atoms with Crippen molar-refractivity contribution in [3.8, 4) is 0 Å². The number of fused-ring (bicyclic) bond motifs is 1. The first kappa shape index (κ1) is 31.9. The first-order valence-electron chi connectivity index (χ1n) is 15.7. The molecule has 0 unspecified atom stereocenters. The van der Waals surface area contributed by atoms with E-state index in [9.17, 15) is 18.3 Å². The van der Waals surface area contributed by atoms with Crippen molar-refractivity contribution in [1.82, 2.24) is 19.9 Å². The van der Waals surface area contributed by atoms with E-state index in [1.54, 1.807) is 18.2 Å². The molecular formula is C36H37N5O5S. The smallest absolute Gasteiger partial charge is 0.337 e. The number of benzene rings is 3. The van der Waals surface area contributed by atoms with Crippen LogP contribution in [0.25, 0.3) is 11.2 Å². The zero-order chi connectivity index (χ0) is 32.9. The van der Waals surface area contributed by atoms with E-state index in [0.29, 0.717) is 43.4 Å². The molecule has 1 aliphatic heterocycles. The number of aliphatic hydroxyl groups is 1. The molecule has 47 heavy (non-hydrogen) atoms. The Hall–Kier alpha value is -5.03. The molecule has 0 aliphatic carbocycles. The quantitative estimate of drug-likeness (QED) is 0.112. The van der Waals surface area contributed by atoms with Crippen LogP contribution >= 0.6 is 0 Å². The van der Waals surface area contributed by atoms with Crippen molar-refractivity contribution in [2.75, 3.05) is 11.4 Å². The second-order valence-electron chi connectivity index (χ2n) is 11.9. The number of esters is 1. The molecule has 5 aromatic rings. The van der Waals surface area contributed by atoms with Gasteiger partial charge in [-0.15, -0.1) is 0 Å². The van der Waals surface area contributed by atoms with E-state index in [2.05, 4.69) is 44.2 Å². The summed E-state index contributed by atoms with van der Waals surface area (Å²) in [5, 5.41) is 11.1. The number of H-pyrrole nitrogens is 1. The number of nitrogens with zero attached hydrogens (tertiary/aromatic N) is 4. The average Bonchev–Trinajstić information content (AvgIpc) is 3.58. The third kappa shape index (κ3) is 7.20. The number of hydrogen-bond acceptors (Lipinski definition) is 8. The molecule has 2 N–H and O–H groups in total. The van der Waals surface area contributed by atoms with Gasteiger partial charge in [0.05, 0.1) is 17.6 Å². The van der Waals surface area contributed by atoms with Gasteiger partial charge in [-0.2, -0.15) is 8.42 Å². The van der Waals surface area contributed by atoms with Crippen LogP contribution in [-0.4, -0.2) is 52.1 Å².